The van der Waals surface area contributed by atoms with Crippen LogP contribution in [0.5, 0.6) is 0 Å². The largest absolute Gasteiger partial charge is 0.330 e. The number of carbonyl (C=O) groups excluding carboxylic acids is 1. The number of aromatic nitrogens is 1. The molecule has 116 valence electrons. The molecule has 3 N–H and O–H groups in total. The van der Waals surface area contributed by atoms with E-state index in [-0.39, 0.29) is 5.91 Å². The van der Waals surface area contributed by atoms with Crippen LogP contribution in [-0.4, -0.2) is 17.4 Å². The smallest absolute Gasteiger partial charge is 0.225 e. The van der Waals surface area contributed by atoms with E-state index < -0.39 is 0 Å². The van der Waals surface area contributed by atoms with Crippen LogP contribution in [0, 0.1) is 0 Å². The normalized spacial score (nSPS) is 11.2. The first-order chi connectivity index (χ1) is 11.2. The molecular weight excluding hydrogens is 306 g/mol. The highest BCUT2D eigenvalue weighted by molar-refractivity contribution is 7.19. The van der Waals surface area contributed by atoms with Crippen molar-refractivity contribution in [3.05, 3.63) is 59.1 Å². The summed E-state index contributed by atoms with van der Waals surface area (Å²) < 4.78 is 1.19. The van der Waals surface area contributed by atoms with Gasteiger partial charge in [0.1, 0.15) is 5.01 Å². The third-order valence-corrected chi connectivity index (χ3v) is 4.30. The van der Waals surface area contributed by atoms with Gasteiger partial charge in [-0.25, -0.2) is 4.98 Å². The summed E-state index contributed by atoms with van der Waals surface area (Å²) in [5.74, 6) is -0.0646. The topological polar surface area (TPSA) is 68.0 Å². The number of amides is 1. The second kappa shape index (κ2) is 7.17. The summed E-state index contributed by atoms with van der Waals surface area (Å²) in [6, 6.07) is 15.8. The molecule has 2 aromatic carbocycles. The van der Waals surface area contributed by atoms with Gasteiger partial charge in [-0.1, -0.05) is 30.3 Å². The zero-order valence-electron chi connectivity index (χ0n) is 12.5. The molecule has 0 unspecified atom stereocenters. The van der Waals surface area contributed by atoms with Gasteiger partial charge in [0.05, 0.1) is 10.2 Å². The minimum absolute atomic E-state index is 0.0646. The minimum atomic E-state index is -0.0646. The predicted octanol–water partition coefficient (Wildman–Crippen LogP) is 3.75. The summed E-state index contributed by atoms with van der Waals surface area (Å²) in [5.41, 5.74) is 8.21. The minimum Gasteiger partial charge on any atom is -0.330 e. The second-order valence-electron chi connectivity index (χ2n) is 5.06. The standard InChI is InChI=1S/C18H17N3OS/c19-12-11-17(22)20-14-8-5-13(6-9-14)7-10-18-21-15-3-1-2-4-16(15)23-18/h1-10H,11-12,19H2,(H,20,22)/b10-7+. The Labute approximate surface area is 138 Å². The molecular formula is C18H17N3OS. The molecule has 0 spiro atoms. The number of anilines is 1. The number of thiazole rings is 1. The molecule has 1 amide bonds. The first kappa shape index (κ1) is 15.4. The highest BCUT2D eigenvalue weighted by Crippen LogP contribution is 2.23. The molecule has 5 heteroatoms. The Morgan fingerprint density at radius 1 is 1.13 bits per heavy atom. The summed E-state index contributed by atoms with van der Waals surface area (Å²) >= 11 is 1.67. The van der Waals surface area contributed by atoms with Crippen LogP contribution in [-0.2, 0) is 4.79 Å². The Balaban J connectivity index is 1.68. The van der Waals surface area contributed by atoms with Gasteiger partial charge in [-0.15, -0.1) is 11.3 Å². The number of benzene rings is 2. The maximum absolute atomic E-state index is 11.5. The van der Waals surface area contributed by atoms with E-state index in [1.807, 2.05) is 54.6 Å². The molecule has 0 saturated carbocycles. The van der Waals surface area contributed by atoms with E-state index in [2.05, 4.69) is 16.4 Å². The monoisotopic (exact) mass is 323 g/mol. The number of carbonyl (C=O) groups is 1. The SMILES string of the molecule is NCCC(=O)Nc1ccc(/C=C/c2nc3ccccc3s2)cc1. The highest BCUT2D eigenvalue weighted by Gasteiger charge is 2.01. The van der Waals surface area contributed by atoms with Gasteiger partial charge in [-0.2, -0.15) is 0 Å². The van der Waals surface area contributed by atoms with E-state index in [9.17, 15) is 4.79 Å². The molecule has 1 aromatic heterocycles. The van der Waals surface area contributed by atoms with E-state index in [4.69, 9.17) is 5.73 Å². The van der Waals surface area contributed by atoms with E-state index >= 15 is 0 Å². The molecule has 0 radical (unpaired) electrons. The number of nitrogens with two attached hydrogens (primary N) is 1. The Bertz CT molecular complexity index is 804. The fourth-order valence-corrected chi connectivity index (χ4v) is 3.03. The fourth-order valence-electron chi connectivity index (χ4n) is 2.16. The zero-order chi connectivity index (χ0) is 16.1. The lowest BCUT2D eigenvalue weighted by atomic mass is 10.2. The molecule has 0 saturated heterocycles. The number of hydrogen-bond acceptors (Lipinski definition) is 4. The van der Waals surface area contributed by atoms with Gasteiger partial charge in [0, 0.05) is 18.7 Å². The molecule has 0 aliphatic heterocycles. The zero-order valence-corrected chi connectivity index (χ0v) is 13.3. The van der Waals surface area contributed by atoms with Gasteiger partial charge in [-0.05, 0) is 35.9 Å². The first-order valence-corrected chi connectivity index (χ1v) is 8.20. The Kier molecular flexibility index (Phi) is 4.80. The van der Waals surface area contributed by atoms with Crippen molar-refractivity contribution in [3.63, 3.8) is 0 Å². The van der Waals surface area contributed by atoms with Gasteiger partial charge in [0.25, 0.3) is 0 Å². The average Bonchev–Trinajstić information content (AvgIpc) is 2.97. The average molecular weight is 323 g/mol. The molecule has 3 aromatic rings. The third-order valence-electron chi connectivity index (χ3n) is 3.29. The fraction of sp³-hybridized carbons (Fsp3) is 0.111. The summed E-state index contributed by atoms with van der Waals surface area (Å²) in [6.07, 6.45) is 4.36. The van der Waals surface area contributed by atoms with Crippen molar-refractivity contribution in [2.24, 2.45) is 5.73 Å². The molecule has 0 aliphatic carbocycles. The van der Waals surface area contributed by atoms with Crippen LogP contribution in [0.25, 0.3) is 22.4 Å². The highest BCUT2D eigenvalue weighted by atomic mass is 32.1. The van der Waals surface area contributed by atoms with Crippen LogP contribution in [0.4, 0.5) is 5.69 Å². The lowest BCUT2D eigenvalue weighted by Gasteiger charge is -2.04. The molecule has 3 rings (SSSR count). The van der Waals surface area contributed by atoms with Crippen LogP contribution in [0.2, 0.25) is 0 Å². The van der Waals surface area contributed by atoms with Gasteiger partial charge in [0.2, 0.25) is 5.91 Å². The summed E-state index contributed by atoms with van der Waals surface area (Å²) in [7, 11) is 0. The van der Waals surface area contributed by atoms with E-state index in [1.54, 1.807) is 11.3 Å². The van der Waals surface area contributed by atoms with Gasteiger partial charge < -0.3 is 11.1 Å². The Morgan fingerprint density at radius 3 is 2.65 bits per heavy atom. The van der Waals surface area contributed by atoms with Crippen molar-refractivity contribution in [2.45, 2.75) is 6.42 Å². The van der Waals surface area contributed by atoms with E-state index in [0.29, 0.717) is 13.0 Å². The second-order valence-corrected chi connectivity index (χ2v) is 6.12. The molecule has 4 nitrogen and oxygen atoms in total. The van der Waals surface area contributed by atoms with Crippen LogP contribution in [0.15, 0.2) is 48.5 Å². The molecule has 1 heterocycles. The molecule has 0 bridgehead atoms. The maximum Gasteiger partial charge on any atom is 0.225 e. The van der Waals surface area contributed by atoms with Crippen LogP contribution < -0.4 is 11.1 Å². The maximum atomic E-state index is 11.5. The lowest BCUT2D eigenvalue weighted by Crippen LogP contribution is -2.15. The number of nitrogens with zero attached hydrogens (tertiary/aromatic N) is 1. The Hall–Kier alpha value is -2.50. The lowest BCUT2D eigenvalue weighted by molar-refractivity contribution is -0.116. The van der Waals surface area contributed by atoms with Crippen LogP contribution >= 0.6 is 11.3 Å². The van der Waals surface area contributed by atoms with Crippen LogP contribution in [0.1, 0.15) is 17.0 Å². The van der Waals surface area contributed by atoms with Crippen molar-refractivity contribution in [3.8, 4) is 0 Å². The quantitative estimate of drug-likeness (QED) is 0.751. The van der Waals surface area contributed by atoms with Crippen molar-refractivity contribution in [1.29, 1.82) is 0 Å². The molecule has 0 fully saturated rings. The number of nitrogens with one attached hydrogen (secondary N) is 1. The van der Waals surface area contributed by atoms with Crippen molar-refractivity contribution < 1.29 is 4.79 Å². The number of rotatable bonds is 5. The van der Waals surface area contributed by atoms with Crippen molar-refractivity contribution in [1.82, 2.24) is 4.98 Å². The van der Waals surface area contributed by atoms with E-state index in [1.165, 1.54) is 4.70 Å². The van der Waals surface area contributed by atoms with Gasteiger partial charge in [0.15, 0.2) is 0 Å². The number of hydrogen-bond donors (Lipinski definition) is 2. The predicted molar refractivity (Wildman–Crippen MR) is 97.3 cm³/mol. The summed E-state index contributed by atoms with van der Waals surface area (Å²) in [5, 5.41) is 3.79. The van der Waals surface area contributed by atoms with Gasteiger partial charge in [-0.3, -0.25) is 4.79 Å². The number of fused-ring (bicyclic) bond motifs is 1. The molecule has 0 aliphatic rings. The first-order valence-electron chi connectivity index (χ1n) is 7.38. The third kappa shape index (κ3) is 4.03. The molecule has 23 heavy (non-hydrogen) atoms. The summed E-state index contributed by atoms with van der Waals surface area (Å²) in [6.45, 7) is 0.356. The van der Waals surface area contributed by atoms with Crippen molar-refractivity contribution in [2.75, 3.05) is 11.9 Å². The summed E-state index contributed by atoms with van der Waals surface area (Å²) in [4.78, 5) is 16.0. The van der Waals surface area contributed by atoms with Crippen LogP contribution in [0.3, 0.4) is 0 Å². The molecule has 0 atom stereocenters. The van der Waals surface area contributed by atoms with E-state index in [0.717, 1.165) is 21.8 Å². The number of para-hydroxylation sites is 1. The van der Waals surface area contributed by atoms with Crippen molar-refractivity contribution >= 4 is 45.3 Å². The Morgan fingerprint density at radius 2 is 1.91 bits per heavy atom. The van der Waals surface area contributed by atoms with Gasteiger partial charge >= 0.3 is 0 Å².